The minimum absolute atomic E-state index is 0.00658. The topological polar surface area (TPSA) is 116 Å². The number of ether oxygens (including phenoxy) is 1. The van der Waals surface area contributed by atoms with Crippen molar-refractivity contribution in [3.05, 3.63) is 52.6 Å². The van der Waals surface area contributed by atoms with Crippen LogP contribution in [0.5, 0.6) is 0 Å². The summed E-state index contributed by atoms with van der Waals surface area (Å²) in [5, 5.41) is 0. The maximum Gasteiger partial charge on any atom is 0.280 e. The first-order chi connectivity index (χ1) is 11.6. The van der Waals surface area contributed by atoms with E-state index in [-0.39, 0.29) is 30.2 Å². The maximum atomic E-state index is 12.1. The number of nitrogens with zero attached hydrogens (tertiary/aromatic N) is 3. The lowest BCUT2D eigenvalue weighted by molar-refractivity contribution is -0.120. The summed E-state index contributed by atoms with van der Waals surface area (Å²) in [6.45, 7) is 0.868. The molecule has 0 aliphatic heterocycles. The zero-order valence-corrected chi connectivity index (χ0v) is 12.9. The van der Waals surface area contributed by atoms with Gasteiger partial charge in [0.1, 0.15) is 0 Å². The zero-order chi connectivity index (χ0) is 16.9. The van der Waals surface area contributed by atoms with Gasteiger partial charge in [0.05, 0.1) is 26.1 Å². The molecule has 0 saturated carbocycles. The summed E-state index contributed by atoms with van der Waals surface area (Å²) in [6.07, 6.45) is 1.68. The summed E-state index contributed by atoms with van der Waals surface area (Å²) in [6, 6.07) is 9.75. The number of hydrogen-bond donors (Lipinski definition) is 2. The van der Waals surface area contributed by atoms with Crippen molar-refractivity contribution in [3.63, 3.8) is 0 Å². The van der Waals surface area contributed by atoms with Gasteiger partial charge < -0.3 is 15.0 Å². The fourth-order valence-corrected chi connectivity index (χ4v) is 2.31. The van der Waals surface area contributed by atoms with E-state index >= 15 is 0 Å². The quantitative estimate of drug-likeness (QED) is 0.622. The summed E-state index contributed by atoms with van der Waals surface area (Å²) < 4.78 is 7.01. The third-order valence-corrected chi connectivity index (χ3v) is 3.48. The Kier molecular flexibility index (Phi) is 4.66. The van der Waals surface area contributed by atoms with Crippen molar-refractivity contribution in [2.75, 3.05) is 12.3 Å². The van der Waals surface area contributed by atoms with Crippen LogP contribution in [0.4, 0.5) is 5.95 Å². The average Bonchev–Trinajstić information content (AvgIpc) is 2.96. The van der Waals surface area contributed by atoms with Crippen molar-refractivity contribution in [1.82, 2.24) is 19.5 Å². The van der Waals surface area contributed by atoms with Crippen molar-refractivity contribution in [2.24, 2.45) is 0 Å². The highest BCUT2D eigenvalue weighted by Crippen LogP contribution is 2.07. The van der Waals surface area contributed by atoms with Crippen LogP contribution in [-0.4, -0.2) is 31.9 Å². The molecule has 0 atom stereocenters. The van der Waals surface area contributed by atoms with Gasteiger partial charge >= 0.3 is 0 Å². The van der Waals surface area contributed by atoms with Crippen LogP contribution in [-0.2, 0) is 22.7 Å². The molecule has 0 spiro atoms. The second-order valence-corrected chi connectivity index (χ2v) is 5.32. The Morgan fingerprint density at radius 1 is 1.29 bits per heavy atom. The van der Waals surface area contributed by atoms with Crippen molar-refractivity contribution < 1.29 is 9.53 Å². The second-order valence-electron chi connectivity index (χ2n) is 5.32. The molecular weight excluding hydrogens is 310 g/mol. The lowest BCUT2D eigenvalue weighted by Gasteiger charge is -2.05. The van der Waals surface area contributed by atoms with Crippen molar-refractivity contribution in [2.45, 2.75) is 19.6 Å². The number of carbonyl (C=O) groups is 1. The van der Waals surface area contributed by atoms with Crippen LogP contribution in [0, 0.1) is 0 Å². The van der Waals surface area contributed by atoms with Crippen LogP contribution >= 0.6 is 0 Å². The van der Waals surface area contributed by atoms with Crippen molar-refractivity contribution in [3.8, 4) is 0 Å². The molecule has 1 aromatic carbocycles. The molecule has 3 N–H and O–H groups in total. The van der Waals surface area contributed by atoms with E-state index in [0.717, 1.165) is 5.56 Å². The Morgan fingerprint density at radius 2 is 2.08 bits per heavy atom. The van der Waals surface area contributed by atoms with Crippen LogP contribution in [0.25, 0.3) is 11.2 Å². The Labute approximate surface area is 137 Å². The van der Waals surface area contributed by atoms with Crippen LogP contribution in [0.2, 0.25) is 0 Å². The predicted molar refractivity (Wildman–Crippen MR) is 88.3 cm³/mol. The molecule has 0 aliphatic carbocycles. The van der Waals surface area contributed by atoms with Crippen LogP contribution < -0.4 is 11.3 Å². The zero-order valence-electron chi connectivity index (χ0n) is 12.9. The molecule has 8 heteroatoms. The Hall–Kier alpha value is -3.00. The molecule has 0 fully saturated rings. The number of fused-ring (bicyclic) bond motifs is 1. The molecule has 0 amide bonds. The molecule has 24 heavy (non-hydrogen) atoms. The lowest BCUT2D eigenvalue weighted by Crippen LogP contribution is -2.15. The lowest BCUT2D eigenvalue weighted by atomic mass is 10.2. The van der Waals surface area contributed by atoms with Gasteiger partial charge in [-0.15, -0.1) is 0 Å². The van der Waals surface area contributed by atoms with E-state index in [2.05, 4.69) is 15.0 Å². The van der Waals surface area contributed by atoms with E-state index in [1.807, 2.05) is 30.3 Å². The number of aromatic amines is 1. The molecule has 0 aliphatic rings. The third kappa shape index (κ3) is 3.66. The fourth-order valence-electron chi connectivity index (χ4n) is 2.31. The predicted octanol–water partition coefficient (Wildman–Crippen LogP) is 0.878. The number of ketones is 1. The van der Waals surface area contributed by atoms with E-state index in [4.69, 9.17) is 10.5 Å². The van der Waals surface area contributed by atoms with Crippen LogP contribution in [0.3, 0.4) is 0 Å². The molecule has 124 valence electrons. The van der Waals surface area contributed by atoms with E-state index in [1.165, 1.54) is 10.9 Å². The van der Waals surface area contributed by atoms with Gasteiger partial charge in [-0.3, -0.25) is 14.6 Å². The number of Topliss-reactive ketones (excluding diaryl/α,β-unsaturated/α-hetero) is 1. The molecule has 0 radical (unpaired) electrons. The Balaban J connectivity index is 1.55. The van der Waals surface area contributed by atoms with Gasteiger partial charge in [0, 0.05) is 6.42 Å². The van der Waals surface area contributed by atoms with E-state index in [9.17, 15) is 9.59 Å². The fraction of sp³-hybridized carbons (Fsp3) is 0.250. The van der Waals surface area contributed by atoms with Crippen molar-refractivity contribution in [1.29, 1.82) is 0 Å². The van der Waals surface area contributed by atoms with Gasteiger partial charge in [-0.1, -0.05) is 30.3 Å². The number of hydrogen-bond acceptors (Lipinski definition) is 6. The largest absolute Gasteiger partial charge is 0.376 e. The van der Waals surface area contributed by atoms with Crippen molar-refractivity contribution >= 4 is 22.9 Å². The van der Waals surface area contributed by atoms with Gasteiger partial charge in [-0.2, -0.15) is 4.98 Å². The number of nitrogens with two attached hydrogens (primary N) is 1. The number of H-pyrrole nitrogens is 1. The minimum atomic E-state index is -0.421. The maximum absolute atomic E-state index is 12.1. The average molecular weight is 327 g/mol. The van der Waals surface area contributed by atoms with Crippen LogP contribution in [0.15, 0.2) is 41.5 Å². The van der Waals surface area contributed by atoms with Gasteiger partial charge in [0.15, 0.2) is 16.9 Å². The number of nitrogens with one attached hydrogen (secondary N) is 1. The Morgan fingerprint density at radius 3 is 2.88 bits per heavy atom. The first kappa shape index (κ1) is 15.9. The van der Waals surface area contributed by atoms with E-state index in [1.54, 1.807) is 0 Å². The highest BCUT2D eigenvalue weighted by molar-refractivity contribution is 5.80. The third-order valence-electron chi connectivity index (χ3n) is 3.48. The van der Waals surface area contributed by atoms with Crippen LogP contribution in [0.1, 0.15) is 12.0 Å². The number of nitrogen functional groups attached to an aromatic ring is 1. The van der Waals surface area contributed by atoms with Gasteiger partial charge in [0.2, 0.25) is 5.95 Å². The molecule has 2 heterocycles. The number of carbonyl (C=O) groups excluding carboxylic acids is 1. The highest BCUT2D eigenvalue weighted by Gasteiger charge is 2.12. The molecule has 8 nitrogen and oxygen atoms in total. The minimum Gasteiger partial charge on any atom is -0.376 e. The summed E-state index contributed by atoms with van der Waals surface area (Å²) in [7, 11) is 0. The smallest absolute Gasteiger partial charge is 0.280 e. The van der Waals surface area contributed by atoms with Gasteiger partial charge in [-0.05, 0) is 5.56 Å². The number of imidazole rings is 1. The van der Waals surface area contributed by atoms with E-state index < -0.39 is 5.56 Å². The highest BCUT2D eigenvalue weighted by atomic mass is 16.5. The first-order valence-electron chi connectivity index (χ1n) is 7.47. The summed E-state index contributed by atoms with van der Waals surface area (Å²) in [5.41, 5.74) is 6.63. The SMILES string of the molecule is Nc1nc2c(ncn2CC(=O)CCOCc2ccccc2)c(=O)[nH]1. The first-order valence-corrected chi connectivity index (χ1v) is 7.47. The number of anilines is 1. The second kappa shape index (κ2) is 7.05. The monoisotopic (exact) mass is 327 g/mol. The number of aromatic nitrogens is 4. The Bertz CT molecular complexity index is 901. The molecule has 0 unspecified atom stereocenters. The number of benzene rings is 1. The molecule has 2 aromatic heterocycles. The molecular formula is C16H17N5O3. The van der Waals surface area contributed by atoms with E-state index in [0.29, 0.717) is 18.9 Å². The number of rotatable bonds is 7. The molecule has 0 saturated heterocycles. The molecule has 0 bridgehead atoms. The summed E-state index contributed by atoms with van der Waals surface area (Å²) >= 11 is 0. The van der Waals surface area contributed by atoms with Gasteiger partial charge in [-0.25, -0.2) is 4.98 Å². The summed E-state index contributed by atoms with van der Waals surface area (Å²) in [4.78, 5) is 34.1. The van der Waals surface area contributed by atoms with Gasteiger partial charge in [0.25, 0.3) is 5.56 Å². The normalized spacial score (nSPS) is 11.0. The standard InChI is InChI=1S/C16H17N5O3/c17-16-19-14-13(15(23)20-16)18-10-21(14)8-12(22)6-7-24-9-11-4-2-1-3-5-11/h1-5,10H,6-9H2,(H3,17,19,20,23). The summed E-state index contributed by atoms with van der Waals surface area (Å²) in [5.74, 6) is -0.0455. The molecule has 3 aromatic rings. The molecule has 3 rings (SSSR count).